The molecule has 3 nitrogen and oxygen atoms in total. The molecule has 1 saturated heterocycles. The van der Waals surface area contributed by atoms with Gasteiger partial charge < -0.3 is 15.2 Å². The predicted octanol–water partition coefficient (Wildman–Crippen LogP) is 2.87. The average Bonchev–Trinajstić information content (AvgIpc) is 3.17. The summed E-state index contributed by atoms with van der Waals surface area (Å²) in [6.07, 6.45) is 2.25. The van der Waals surface area contributed by atoms with Gasteiger partial charge in [0.25, 0.3) is 0 Å². The molecule has 0 spiro atoms. The molecule has 2 N–H and O–H groups in total. The van der Waals surface area contributed by atoms with E-state index in [4.69, 9.17) is 15.2 Å². The van der Waals surface area contributed by atoms with Gasteiger partial charge >= 0.3 is 0 Å². The summed E-state index contributed by atoms with van der Waals surface area (Å²) in [4.78, 5) is 0. The van der Waals surface area contributed by atoms with Gasteiger partial charge in [-0.05, 0) is 36.8 Å². The van der Waals surface area contributed by atoms with Gasteiger partial charge in [0.05, 0.1) is 6.61 Å². The maximum absolute atomic E-state index is 6.02. The van der Waals surface area contributed by atoms with E-state index in [2.05, 4.69) is 32.0 Å². The highest BCUT2D eigenvalue weighted by atomic mass is 16.6. The van der Waals surface area contributed by atoms with Crippen LogP contribution >= 0.6 is 0 Å². The Hall–Kier alpha value is -1.06. The van der Waals surface area contributed by atoms with E-state index in [1.807, 2.05) is 6.92 Å². The SMILES string of the molecule is CC(N)CCc1cccc(C(C)C)c1OCC1CO1. The summed E-state index contributed by atoms with van der Waals surface area (Å²) in [6, 6.07) is 6.65. The normalized spacial score (nSPS) is 19.5. The third-order valence-corrected chi connectivity index (χ3v) is 3.43. The number of hydrogen-bond donors (Lipinski definition) is 1. The second kappa shape index (κ2) is 6.40. The topological polar surface area (TPSA) is 47.8 Å². The van der Waals surface area contributed by atoms with E-state index < -0.39 is 0 Å². The maximum atomic E-state index is 6.02. The van der Waals surface area contributed by atoms with E-state index in [-0.39, 0.29) is 6.04 Å². The Kier molecular flexibility index (Phi) is 4.83. The molecule has 0 aromatic heterocycles. The highest BCUT2D eigenvalue weighted by molar-refractivity contribution is 5.43. The molecule has 1 heterocycles. The van der Waals surface area contributed by atoms with Gasteiger partial charge in [0.1, 0.15) is 18.5 Å². The fourth-order valence-corrected chi connectivity index (χ4v) is 2.16. The quantitative estimate of drug-likeness (QED) is 0.769. The maximum Gasteiger partial charge on any atom is 0.126 e. The number of aryl methyl sites for hydroxylation is 1. The lowest BCUT2D eigenvalue weighted by Crippen LogP contribution is -2.16. The van der Waals surface area contributed by atoms with E-state index in [1.165, 1.54) is 11.1 Å². The van der Waals surface area contributed by atoms with Gasteiger partial charge in [0, 0.05) is 6.04 Å². The summed E-state index contributed by atoms with van der Waals surface area (Å²) in [5.41, 5.74) is 8.41. The van der Waals surface area contributed by atoms with Crippen molar-refractivity contribution in [1.82, 2.24) is 0 Å². The van der Waals surface area contributed by atoms with Crippen LogP contribution in [0.5, 0.6) is 5.75 Å². The van der Waals surface area contributed by atoms with Crippen LogP contribution in [0, 0.1) is 0 Å². The fraction of sp³-hybridized carbons (Fsp3) is 0.625. The van der Waals surface area contributed by atoms with Gasteiger partial charge in [0.2, 0.25) is 0 Å². The van der Waals surface area contributed by atoms with Crippen LogP contribution in [0.25, 0.3) is 0 Å². The second-order valence-corrected chi connectivity index (χ2v) is 5.77. The van der Waals surface area contributed by atoms with E-state index in [0.29, 0.717) is 18.6 Å². The van der Waals surface area contributed by atoms with Crippen molar-refractivity contribution in [1.29, 1.82) is 0 Å². The number of benzene rings is 1. The van der Waals surface area contributed by atoms with Gasteiger partial charge in [-0.2, -0.15) is 0 Å². The average molecular weight is 263 g/mol. The molecule has 0 aliphatic carbocycles. The molecule has 0 saturated carbocycles. The van der Waals surface area contributed by atoms with Crippen LogP contribution in [0.4, 0.5) is 0 Å². The number of epoxide rings is 1. The number of rotatable bonds is 7. The van der Waals surface area contributed by atoms with Crippen molar-refractivity contribution in [3.8, 4) is 5.75 Å². The molecule has 1 fully saturated rings. The Balaban J connectivity index is 2.15. The fourth-order valence-electron chi connectivity index (χ4n) is 2.16. The predicted molar refractivity (Wildman–Crippen MR) is 77.7 cm³/mol. The van der Waals surface area contributed by atoms with Crippen molar-refractivity contribution in [3.63, 3.8) is 0 Å². The van der Waals surface area contributed by atoms with Crippen LogP contribution in [0.3, 0.4) is 0 Å². The molecule has 1 aromatic rings. The van der Waals surface area contributed by atoms with E-state index in [0.717, 1.165) is 25.2 Å². The highest BCUT2D eigenvalue weighted by Gasteiger charge is 2.24. The molecule has 2 unspecified atom stereocenters. The van der Waals surface area contributed by atoms with Crippen LogP contribution in [0.2, 0.25) is 0 Å². The second-order valence-electron chi connectivity index (χ2n) is 5.77. The molecule has 1 aliphatic rings. The molecular weight excluding hydrogens is 238 g/mol. The Morgan fingerprint density at radius 2 is 2.11 bits per heavy atom. The van der Waals surface area contributed by atoms with Gasteiger partial charge in [-0.25, -0.2) is 0 Å². The molecule has 1 aromatic carbocycles. The van der Waals surface area contributed by atoms with Gasteiger partial charge in [-0.15, -0.1) is 0 Å². The largest absolute Gasteiger partial charge is 0.490 e. The van der Waals surface area contributed by atoms with Crippen molar-refractivity contribution >= 4 is 0 Å². The van der Waals surface area contributed by atoms with Crippen molar-refractivity contribution < 1.29 is 9.47 Å². The molecule has 19 heavy (non-hydrogen) atoms. The minimum Gasteiger partial charge on any atom is -0.490 e. The van der Waals surface area contributed by atoms with E-state index >= 15 is 0 Å². The van der Waals surface area contributed by atoms with Gasteiger partial charge in [0.15, 0.2) is 0 Å². The number of hydrogen-bond acceptors (Lipinski definition) is 3. The number of ether oxygens (including phenoxy) is 2. The molecule has 106 valence electrons. The van der Waals surface area contributed by atoms with Crippen LogP contribution in [-0.4, -0.2) is 25.4 Å². The van der Waals surface area contributed by atoms with Crippen LogP contribution in [0.15, 0.2) is 18.2 Å². The first-order valence-corrected chi connectivity index (χ1v) is 7.19. The van der Waals surface area contributed by atoms with E-state index in [9.17, 15) is 0 Å². The Labute approximate surface area is 116 Å². The summed E-state index contributed by atoms with van der Waals surface area (Å²) in [7, 11) is 0. The van der Waals surface area contributed by atoms with Crippen molar-refractivity contribution in [3.05, 3.63) is 29.3 Å². The molecule has 3 heteroatoms. The molecule has 1 aliphatic heterocycles. The number of nitrogens with two attached hydrogens (primary N) is 1. The first-order chi connectivity index (χ1) is 9.08. The van der Waals surface area contributed by atoms with Gasteiger partial charge in [-0.1, -0.05) is 32.0 Å². The third kappa shape index (κ3) is 4.22. The first kappa shape index (κ1) is 14.4. The van der Waals surface area contributed by atoms with Crippen molar-refractivity contribution in [2.45, 2.75) is 51.7 Å². The monoisotopic (exact) mass is 263 g/mol. The van der Waals surface area contributed by atoms with Crippen LogP contribution in [0.1, 0.15) is 44.2 Å². The van der Waals surface area contributed by atoms with Crippen molar-refractivity contribution in [2.75, 3.05) is 13.2 Å². The number of para-hydroxylation sites is 1. The summed E-state index contributed by atoms with van der Waals surface area (Å²) in [6.45, 7) is 7.94. The van der Waals surface area contributed by atoms with Gasteiger partial charge in [-0.3, -0.25) is 0 Å². The smallest absolute Gasteiger partial charge is 0.126 e. The zero-order valence-electron chi connectivity index (χ0n) is 12.2. The third-order valence-electron chi connectivity index (χ3n) is 3.43. The molecule has 2 rings (SSSR count). The Morgan fingerprint density at radius 1 is 1.37 bits per heavy atom. The summed E-state index contributed by atoms with van der Waals surface area (Å²) in [5.74, 6) is 1.51. The zero-order valence-corrected chi connectivity index (χ0v) is 12.2. The lowest BCUT2D eigenvalue weighted by molar-refractivity contribution is 0.258. The summed E-state index contributed by atoms with van der Waals surface area (Å²) in [5, 5.41) is 0. The zero-order chi connectivity index (χ0) is 13.8. The Bertz CT molecular complexity index is 411. The van der Waals surface area contributed by atoms with E-state index in [1.54, 1.807) is 0 Å². The lowest BCUT2D eigenvalue weighted by atomic mass is 9.96. The standard InChI is InChI=1S/C16H25NO2/c1-11(2)15-6-4-5-13(8-7-12(3)17)16(15)19-10-14-9-18-14/h4-6,11-12,14H,7-10,17H2,1-3H3. The summed E-state index contributed by atoms with van der Waals surface area (Å²) >= 11 is 0. The molecule has 0 amide bonds. The molecule has 2 atom stereocenters. The molecule has 0 radical (unpaired) electrons. The first-order valence-electron chi connectivity index (χ1n) is 7.19. The van der Waals surface area contributed by atoms with Crippen LogP contribution < -0.4 is 10.5 Å². The Morgan fingerprint density at radius 3 is 2.68 bits per heavy atom. The lowest BCUT2D eigenvalue weighted by Gasteiger charge is -2.18. The minimum absolute atomic E-state index is 0.224. The molecular formula is C16H25NO2. The minimum atomic E-state index is 0.224. The summed E-state index contributed by atoms with van der Waals surface area (Å²) < 4.78 is 11.2. The van der Waals surface area contributed by atoms with Crippen molar-refractivity contribution in [2.24, 2.45) is 5.73 Å². The highest BCUT2D eigenvalue weighted by Crippen LogP contribution is 2.32. The van der Waals surface area contributed by atoms with Crippen LogP contribution in [-0.2, 0) is 11.2 Å². The molecule has 0 bridgehead atoms.